The van der Waals surface area contributed by atoms with E-state index in [1.807, 2.05) is 48.5 Å². The van der Waals surface area contributed by atoms with Gasteiger partial charge in [-0.05, 0) is 41.0 Å². The molecule has 176 valence electrons. The molecule has 0 fully saturated rings. The number of fused-ring (bicyclic) bond motifs is 3. The minimum atomic E-state index is -0.750. The number of ether oxygens (including phenoxy) is 1. The van der Waals surface area contributed by atoms with E-state index in [9.17, 15) is 4.79 Å². The molecule has 5 heteroatoms. The lowest BCUT2D eigenvalue weighted by Crippen LogP contribution is -2.11. The molecule has 0 amide bonds. The van der Waals surface area contributed by atoms with Gasteiger partial charge in [0, 0.05) is 27.8 Å². The van der Waals surface area contributed by atoms with E-state index in [0.29, 0.717) is 12.4 Å². The fourth-order valence-corrected chi connectivity index (χ4v) is 5.12. The van der Waals surface area contributed by atoms with Crippen LogP contribution in [-0.2, 0) is 17.2 Å². The molecule has 0 aliphatic heterocycles. The van der Waals surface area contributed by atoms with Crippen LogP contribution >= 0.6 is 11.8 Å². The minimum absolute atomic E-state index is 0.336. The van der Waals surface area contributed by atoms with Gasteiger partial charge in [-0.15, -0.1) is 0 Å². The molecule has 1 N–H and O–H groups in total. The van der Waals surface area contributed by atoms with E-state index in [4.69, 9.17) is 14.3 Å². The standard InChI is InChI=1S/C30H26O4S/c1-20(30(31)32)18-35-19-21-12-14-24(15-13-21)33-17-22-6-4-7-23(16-22)25-9-5-10-27-26-8-2-3-11-28(26)34-29(25)27/h2-16,20H,17-19H2,1H3,(H,31,32). The number of carbonyl (C=O) groups is 1. The average molecular weight is 483 g/mol. The lowest BCUT2D eigenvalue weighted by atomic mass is 10.0. The first-order chi connectivity index (χ1) is 17.1. The van der Waals surface area contributed by atoms with E-state index in [1.54, 1.807) is 18.7 Å². The molecular formula is C30H26O4S. The van der Waals surface area contributed by atoms with E-state index in [-0.39, 0.29) is 5.92 Å². The highest BCUT2D eigenvalue weighted by molar-refractivity contribution is 7.98. The van der Waals surface area contributed by atoms with Crippen molar-refractivity contribution in [2.24, 2.45) is 5.92 Å². The van der Waals surface area contributed by atoms with Crippen molar-refractivity contribution in [3.63, 3.8) is 0 Å². The van der Waals surface area contributed by atoms with Gasteiger partial charge in [0.1, 0.15) is 23.5 Å². The molecule has 0 radical (unpaired) electrons. The van der Waals surface area contributed by atoms with Crippen LogP contribution in [0, 0.1) is 5.92 Å². The fraction of sp³-hybridized carbons (Fsp3) is 0.167. The van der Waals surface area contributed by atoms with Gasteiger partial charge in [-0.2, -0.15) is 11.8 Å². The molecule has 0 aliphatic rings. The minimum Gasteiger partial charge on any atom is -0.489 e. The van der Waals surface area contributed by atoms with Gasteiger partial charge >= 0.3 is 5.97 Å². The van der Waals surface area contributed by atoms with Crippen LogP contribution in [0.5, 0.6) is 5.75 Å². The van der Waals surface area contributed by atoms with Gasteiger partial charge in [0.2, 0.25) is 0 Å². The molecule has 4 nitrogen and oxygen atoms in total. The van der Waals surface area contributed by atoms with Gasteiger partial charge < -0.3 is 14.3 Å². The van der Waals surface area contributed by atoms with Crippen molar-refractivity contribution in [3.05, 3.63) is 102 Å². The maximum Gasteiger partial charge on any atom is 0.307 e. The van der Waals surface area contributed by atoms with Crippen LogP contribution in [0.15, 0.2) is 95.4 Å². The zero-order valence-corrected chi connectivity index (χ0v) is 20.3. The Hall–Kier alpha value is -3.70. The predicted molar refractivity (Wildman–Crippen MR) is 143 cm³/mol. The van der Waals surface area contributed by atoms with Gasteiger partial charge in [-0.25, -0.2) is 0 Å². The summed E-state index contributed by atoms with van der Waals surface area (Å²) >= 11 is 1.63. The van der Waals surface area contributed by atoms with Crippen LogP contribution in [0.1, 0.15) is 18.1 Å². The Bertz CT molecular complexity index is 1470. The second-order valence-electron chi connectivity index (χ2n) is 8.67. The highest BCUT2D eigenvalue weighted by Crippen LogP contribution is 2.35. The summed E-state index contributed by atoms with van der Waals surface area (Å²) in [5.41, 5.74) is 6.20. The summed E-state index contributed by atoms with van der Waals surface area (Å²) in [4.78, 5) is 10.9. The van der Waals surface area contributed by atoms with Crippen molar-refractivity contribution in [2.45, 2.75) is 19.3 Å². The van der Waals surface area contributed by atoms with Crippen molar-refractivity contribution in [1.82, 2.24) is 0 Å². The molecule has 1 heterocycles. The maximum absolute atomic E-state index is 10.9. The first-order valence-corrected chi connectivity index (χ1v) is 12.8. The zero-order valence-electron chi connectivity index (χ0n) is 19.4. The van der Waals surface area contributed by atoms with E-state index in [0.717, 1.165) is 55.7 Å². The number of thioether (sulfide) groups is 1. The molecule has 5 rings (SSSR count). The lowest BCUT2D eigenvalue weighted by molar-refractivity contribution is -0.140. The summed E-state index contributed by atoms with van der Waals surface area (Å²) in [7, 11) is 0. The summed E-state index contributed by atoms with van der Waals surface area (Å²) in [5.74, 6) is 1.11. The summed E-state index contributed by atoms with van der Waals surface area (Å²) in [5, 5.41) is 11.2. The third-order valence-corrected chi connectivity index (χ3v) is 7.30. The molecule has 1 unspecified atom stereocenters. The first kappa shape index (κ1) is 23.1. The van der Waals surface area contributed by atoms with E-state index in [2.05, 4.69) is 42.5 Å². The Morgan fingerprint density at radius 3 is 2.51 bits per heavy atom. The Labute approximate surface area is 208 Å². The molecule has 0 saturated heterocycles. The second kappa shape index (κ2) is 10.3. The maximum atomic E-state index is 10.9. The van der Waals surface area contributed by atoms with E-state index in [1.165, 1.54) is 0 Å². The number of rotatable bonds is 9. The van der Waals surface area contributed by atoms with Crippen LogP contribution in [-0.4, -0.2) is 16.8 Å². The Kier molecular flexibility index (Phi) is 6.77. The molecule has 0 aliphatic carbocycles. The van der Waals surface area contributed by atoms with E-state index < -0.39 is 5.97 Å². The van der Waals surface area contributed by atoms with Crippen molar-refractivity contribution in [1.29, 1.82) is 0 Å². The SMILES string of the molecule is CC(CSCc1ccc(OCc2cccc(-c3cccc4c3oc3ccccc34)c2)cc1)C(=O)O. The highest BCUT2D eigenvalue weighted by atomic mass is 32.2. The van der Waals surface area contributed by atoms with Crippen molar-refractivity contribution < 1.29 is 19.1 Å². The molecule has 5 aromatic rings. The number of benzene rings is 4. The fourth-order valence-electron chi connectivity index (χ4n) is 4.08. The molecule has 0 spiro atoms. The first-order valence-electron chi connectivity index (χ1n) is 11.6. The van der Waals surface area contributed by atoms with Gasteiger partial charge in [-0.1, -0.05) is 73.7 Å². The monoisotopic (exact) mass is 482 g/mol. The highest BCUT2D eigenvalue weighted by Gasteiger charge is 2.12. The number of furan rings is 1. The largest absolute Gasteiger partial charge is 0.489 e. The summed E-state index contributed by atoms with van der Waals surface area (Å²) < 4.78 is 12.2. The third kappa shape index (κ3) is 5.20. The average Bonchev–Trinajstić information content (AvgIpc) is 3.27. The summed E-state index contributed by atoms with van der Waals surface area (Å²) in [6, 6.07) is 30.8. The number of hydrogen-bond donors (Lipinski definition) is 1. The van der Waals surface area contributed by atoms with Gasteiger partial charge in [0.15, 0.2) is 0 Å². The number of para-hydroxylation sites is 2. The zero-order chi connectivity index (χ0) is 24.2. The molecule has 1 aromatic heterocycles. The normalized spacial score (nSPS) is 12.1. The van der Waals surface area contributed by atoms with Crippen LogP contribution < -0.4 is 4.74 Å². The van der Waals surface area contributed by atoms with Crippen molar-refractivity contribution in [3.8, 4) is 16.9 Å². The topological polar surface area (TPSA) is 59.7 Å². The smallest absolute Gasteiger partial charge is 0.307 e. The number of carboxylic acids is 1. The number of aliphatic carboxylic acids is 1. The molecule has 0 bridgehead atoms. The Morgan fingerprint density at radius 1 is 0.914 bits per heavy atom. The number of hydrogen-bond acceptors (Lipinski definition) is 4. The second-order valence-corrected chi connectivity index (χ2v) is 9.70. The molecule has 0 saturated carbocycles. The molecule has 4 aromatic carbocycles. The van der Waals surface area contributed by atoms with Crippen LogP contribution in [0.4, 0.5) is 0 Å². The lowest BCUT2D eigenvalue weighted by Gasteiger charge is -2.10. The summed E-state index contributed by atoms with van der Waals surface area (Å²) in [6.07, 6.45) is 0. The predicted octanol–water partition coefficient (Wildman–Crippen LogP) is 7.79. The Balaban J connectivity index is 1.26. The van der Waals surface area contributed by atoms with Gasteiger partial charge in [0.05, 0.1) is 5.92 Å². The molecule has 35 heavy (non-hydrogen) atoms. The number of carboxylic acid groups (broad SMARTS) is 1. The van der Waals surface area contributed by atoms with Gasteiger partial charge in [-0.3, -0.25) is 4.79 Å². The molecule has 1 atom stereocenters. The third-order valence-electron chi connectivity index (χ3n) is 6.03. The summed E-state index contributed by atoms with van der Waals surface area (Å²) in [6.45, 7) is 2.20. The van der Waals surface area contributed by atoms with Crippen LogP contribution in [0.25, 0.3) is 33.1 Å². The van der Waals surface area contributed by atoms with Crippen molar-refractivity contribution in [2.75, 3.05) is 5.75 Å². The Morgan fingerprint density at radius 2 is 1.69 bits per heavy atom. The van der Waals surface area contributed by atoms with Crippen LogP contribution in [0.2, 0.25) is 0 Å². The van der Waals surface area contributed by atoms with Crippen molar-refractivity contribution >= 4 is 39.7 Å². The van der Waals surface area contributed by atoms with E-state index >= 15 is 0 Å². The quantitative estimate of drug-likeness (QED) is 0.232. The van der Waals surface area contributed by atoms with Crippen LogP contribution in [0.3, 0.4) is 0 Å². The molecular weight excluding hydrogens is 456 g/mol. The van der Waals surface area contributed by atoms with Gasteiger partial charge in [0.25, 0.3) is 0 Å².